The van der Waals surface area contributed by atoms with E-state index in [1.807, 2.05) is 0 Å². The molecule has 0 saturated heterocycles. The molecule has 2 aromatic rings. The third kappa shape index (κ3) is 2.98. The van der Waals surface area contributed by atoms with E-state index in [9.17, 15) is 4.79 Å². The van der Waals surface area contributed by atoms with Crippen LogP contribution in [0.2, 0.25) is 10.0 Å². The molecular formula is C14H12Cl2N2O2. The fourth-order valence-corrected chi connectivity index (χ4v) is 2.09. The van der Waals surface area contributed by atoms with Crippen LogP contribution >= 0.6 is 23.2 Å². The topological polar surface area (TPSA) is 78.3 Å². The number of rotatable bonds is 4. The van der Waals surface area contributed by atoms with Gasteiger partial charge in [0, 0.05) is 5.56 Å². The number of hydrogen-bond donors (Lipinski definition) is 2. The SMILES string of the molecule is NC(=O)c1cccc(N)c1OCc1cccc(Cl)c1Cl. The van der Waals surface area contributed by atoms with Crippen LogP contribution in [-0.4, -0.2) is 5.91 Å². The predicted molar refractivity (Wildman–Crippen MR) is 80.2 cm³/mol. The maximum absolute atomic E-state index is 11.3. The minimum Gasteiger partial charge on any atom is -0.486 e. The summed E-state index contributed by atoms with van der Waals surface area (Å²) in [6.07, 6.45) is 0. The molecule has 0 spiro atoms. The Morgan fingerprint density at radius 2 is 1.85 bits per heavy atom. The fraction of sp³-hybridized carbons (Fsp3) is 0.0714. The second kappa shape index (κ2) is 6.03. The van der Waals surface area contributed by atoms with Gasteiger partial charge >= 0.3 is 0 Å². The molecule has 0 radical (unpaired) electrons. The van der Waals surface area contributed by atoms with Crippen molar-refractivity contribution in [1.82, 2.24) is 0 Å². The molecule has 0 bridgehead atoms. The Morgan fingerprint density at radius 1 is 1.15 bits per heavy atom. The molecule has 6 heteroatoms. The smallest absolute Gasteiger partial charge is 0.252 e. The quantitative estimate of drug-likeness (QED) is 0.851. The fourth-order valence-electron chi connectivity index (χ4n) is 1.72. The van der Waals surface area contributed by atoms with Crippen molar-refractivity contribution in [2.24, 2.45) is 5.73 Å². The van der Waals surface area contributed by atoms with Crippen LogP contribution in [0.1, 0.15) is 15.9 Å². The number of nitrogens with two attached hydrogens (primary N) is 2. The lowest BCUT2D eigenvalue weighted by atomic mass is 10.1. The first-order chi connectivity index (χ1) is 9.50. The zero-order valence-electron chi connectivity index (χ0n) is 10.4. The van der Waals surface area contributed by atoms with E-state index in [1.54, 1.807) is 36.4 Å². The summed E-state index contributed by atoms with van der Waals surface area (Å²) >= 11 is 12.0. The number of carbonyl (C=O) groups is 1. The van der Waals surface area contributed by atoms with Gasteiger partial charge in [-0.05, 0) is 18.2 Å². The summed E-state index contributed by atoms with van der Waals surface area (Å²) in [6, 6.07) is 10.0. The molecule has 4 nitrogen and oxygen atoms in total. The van der Waals surface area contributed by atoms with Gasteiger partial charge in [0.25, 0.3) is 5.91 Å². The third-order valence-corrected chi connectivity index (χ3v) is 3.57. The highest BCUT2D eigenvalue weighted by Crippen LogP contribution is 2.30. The molecule has 0 unspecified atom stereocenters. The number of amides is 1. The van der Waals surface area contributed by atoms with Gasteiger partial charge in [-0.25, -0.2) is 0 Å². The van der Waals surface area contributed by atoms with Gasteiger partial charge in [-0.2, -0.15) is 0 Å². The van der Waals surface area contributed by atoms with E-state index >= 15 is 0 Å². The molecule has 0 fully saturated rings. The molecule has 0 saturated carbocycles. The summed E-state index contributed by atoms with van der Waals surface area (Å²) in [5, 5.41) is 0.841. The third-order valence-electron chi connectivity index (χ3n) is 2.71. The number of benzene rings is 2. The van der Waals surface area contributed by atoms with Crippen molar-refractivity contribution in [2.45, 2.75) is 6.61 Å². The second-order valence-electron chi connectivity index (χ2n) is 4.09. The van der Waals surface area contributed by atoms with E-state index in [2.05, 4.69) is 0 Å². The Bertz CT molecular complexity index is 660. The van der Waals surface area contributed by atoms with Crippen LogP contribution in [0.3, 0.4) is 0 Å². The van der Waals surface area contributed by atoms with Crippen LogP contribution in [0.5, 0.6) is 5.75 Å². The Hall–Kier alpha value is -1.91. The van der Waals surface area contributed by atoms with Crippen molar-refractivity contribution in [1.29, 1.82) is 0 Å². The largest absolute Gasteiger partial charge is 0.486 e. The van der Waals surface area contributed by atoms with Crippen molar-refractivity contribution in [3.05, 3.63) is 57.6 Å². The highest BCUT2D eigenvalue weighted by molar-refractivity contribution is 6.42. The van der Waals surface area contributed by atoms with Crippen LogP contribution in [0, 0.1) is 0 Å². The van der Waals surface area contributed by atoms with E-state index in [1.165, 1.54) is 0 Å². The van der Waals surface area contributed by atoms with Crippen LogP contribution in [0.4, 0.5) is 5.69 Å². The van der Waals surface area contributed by atoms with Gasteiger partial charge in [-0.15, -0.1) is 0 Å². The first-order valence-corrected chi connectivity index (χ1v) is 6.50. The molecule has 0 heterocycles. The summed E-state index contributed by atoms with van der Waals surface area (Å²) in [7, 11) is 0. The number of nitrogen functional groups attached to an aromatic ring is 1. The van der Waals surface area contributed by atoms with Gasteiger partial charge in [0.2, 0.25) is 0 Å². The molecule has 0 aromatic heterocycles. The van der Waals surface area contributed by atoms with Crippen molar-refractivity contribution in [3.63, 3.8) is 0 Å². The minimum absolute atomic E-state index is 0.133. The van der Waals surface area contributed by atoms with Crippen molar-refractivity contribution in [3.8, 4) is 5.75 Å². The van der Waals surface area contributed by atoms with Crippen LogP contribution in [0.25, 0.3) is 0 Å². The van der Waals surface area contributed by atoms with Crippen molar-refractivity contribution >= 4 is 34.8 Å². The number of hydrogen-bond acceptors (Lipinski definition) is 3. The van der Waals surface area contributed by atoms with Crippen molar-refractivity contribution < 1.29 is 9.53 Å². The molecular weight excluding hydrogens is 299 g/mol. The zero-order chi connectivity index (χ0) is 14.7. The van der Waals surface area contributed by atoms with Gasteiger partial charge < -0.3 is 16.2 Å². The lowest BCUT2D eigenvalue weighted by Gasteiger charge is -2.13. The molecule has 0 aliphatic heterocycles. The molecule has 4 N–H and O–H groups in total. The summed E-state index contributed by atoms with van der Waals surface area (Å²) in [4.78, 5) is 11.3. The minimum atomic E-state index is -0.607. The average Bonchev–Trinajstić information content (AvgIpc) is 2.41. The molecule has 0 aliphatic carbocycles. The van der Waals surface area contributed by atoms with E-state index in [4.69, 9.17) is 39.4 Å². The lowest BCUT2D eigenvalue weighted by Crippen LogP contribution is -2.14. The number of primary amides is 1. The summed E-state index contributed by atoms with van der Waals surface area (Å²) < 4.78 is 5.58. The number of para-hydroxylation sites is 1. The standard InChI is InChI=1S/C14H12Cl2N2O2/c15-10-5-1-3-8(12(10)16)7-20-13-9(14(18)19)4-2-6-11(13)17/h1-6H,7,17H2,(H2,18,19). The molecule has 2 aromatic carbocycles. The first kappa shape index (κ1) is 14.5. The van der Waals surface area contributed by atoms with E-state index in [0.29, 0.717) is 21.3 Å². The average molecular weight is 311 g/mol. The van der Waals surface area contributed by atoms with E-state index < -0.39 is 5.91 Å². The van der Waals surface area contributed by atoms with Gasteiger partial charge in [0.05, 0.1) is 21.3 Å². The normalized spacial score (nSPS) is 10.3. The molecule has 0 atom stereocenters. The van der Waals surface area contributed by atoms with E-state index in [-0.39, 0.29) is 17.9 Å². The summed E-state index contributed by atoms with van der Waals surface area (Å²) in [5.41, 5.74) is 12.3. The lowest BCUT2D eigenvalue weighted by molar-refractivity contribution is 0.0996. The molecule has 0 aliphatic rings. The maximum atomic E-state index is 11.3. The summed E-state index contributed by atoms with van der Waals surface area (Å²) in [5.74, 6) is -0.361. The second-order valence-corrected chi connectivity index (χ2v) is 4.87. The predicted octanol–water partition coefficient (Wildman–Crippen LogP) is 3.25. The Labute approximate surface area is 126 Å². The zero-order valence-corrected chi connectivity index (χ0v) is 11.9. The van der Waals surface area contributed by atoms with Gasteiger partial charge in [-0.1, -0.05) is 41.4 Å². The van der Waals surface area contributed by atoms with Gasteiger partial charge in [-0.3, -0.25) is 4.79 Å². The molecule has 1 amide bonds. The maximum Gasteiger partial charge on any atom is 0.252 e. The number of anilines is 1. The Balaban J connectivity index is 2.27. The van der Waals surface area contributed by atoms with E-state index in [0.717, 1.165) is 0 Å². The van der Waals surface area contributed by atoms with Gasteiger partial charge in [0.15, 0.2) is 5.75 Å². The Morgan fingerprint density at radius 3 is 2.55 bits per heavy atom. The molecule has 2 rings (SSSR count). The molecule has 20 heavy (non-hydrogen) atoms. The van der Waals surface area contributed by atoms with Crippen LogP contribution < -0.4 is 16.2 Å². The number of ether oxygens (including phenoxy) is 1. The number of carbonyl (C=O) groups excluding carboxylic acids is 1. The molecule has 104 valence electrons. The number of halogens is 2. The monoisotopic (exact) mass is 310 g/mol. The highest BCUT2D eigenvalue weighted by Gasteiger charge is 2.13. The van der Waals surface area contributed by atoms with Crippen LogP contribution in [0.15, 0.2) is 36.4 Å². The van der Waals surface area contributed by atoms with Crippen molar-refractivity contribution in [2.75, 3.05) is 5.73 Å². The van der Waals surface area contributed by atoms with Gasteiger partial charge in [0.1, 0.15) is 6.61 Å². The summed E-state index contributed by atoms with van der Waals surface area (Å²) in [6.45, 7) is 0.133. The highest BCUT2D eigenvalue weighted by atomic mass is 35.5. The first-order valence-electron chi connectivity index (χ1n) is 5.74. The Kier molecular flexibility index (Phi) is 4.37. The van der Waals surface area contributed by atoms with Crippen LogP contribution in [-0.2, 0) is 6.61 Å².